The highest BCUT2D eigenvalue weighted by molar-refractivity contribution is 5.94. The summed E-state index contributed by atoms with van der Waals surface area (Å²) in [6.45, 7) is 3.02. The number of anilines is 1. The van der Waals surface area contributed by atoms with E-state index in [0.29, 0.717) is 12.4 Å². The molecule has 2 N–H and O–H groups in total. The summed E-state index contributed by atoms with van der Waals surface area (Å²) in [5.41, 5.74) is 6.80. The van der Waals surface area contributed by atoms with Crippen LogP contribution < -0.4 is 14.8 Å². The molecule has 8 heteroatoms. The molecule has 206 valence electrons. The largest absolute Gasteiger partial charge is 0.478 e. The number of hydrogen-bond donors (Lipinski definition) is 2. The molecule has 1 aliphatic carbocycles. The third kappa shape index (κ3) is 4.55. The van der Waals surface area contributed by atoms with Gasteiger partial charge in [0.15, 0.2) is 17.3 Å². The van der Waals surface area contributed by atoms with Crippen molar-refractivity contribution in [3.8, 4) is 22.9 Å². The second-order valence-electron chi connectivity index (χ2n) is 10.6. The van der Waals surface area contributed by atoms with E-state index in [1.165, 1.54) is 16.8 Å². The lowest BCUT2D eigenvalue weighted by Gasteiger charge is -2.21. The van der Waals surface area contributed by atoms with Crippen molar-refractivity contribution in [1.82, 2.24) is 14.5 Å². The highest BCUT2D eigenvalue weighted by Gasteiger charge is 2.28. The number of carboxylic acid groups (broad SMARTS) is 1. The number of carbonyl (C=O) groups is 1. The van der Waals surface area contributed by atoms with Crippen molar-refractivity contribution in [3.63, 3.8) is 0 Å². The van der Waals surface area contributed by atoms with E-state index in [1.807, 2.05) is 24.3 Å². The zero-order chi connectivity index (χ0) is 27.9. The maximum Gasteiger partial charge on any atom is 0.335 e. The molecule has 1 aliphatic heterocycles. The van der Waals surface area contributed by atoms with Crippen LogP contribution in [0.4, 0.5) is 5.82 Å². The Hall–Kier alpha value is -4.85. The third-order valence-electron chi connectivity index (χ3n) is 8.11. The maximum atomic E-state index is 11.5. The molecule has 1 atom stereocenters. The molecule has 0 saturated carbocycles. The van der Waals surface area contributed by atoms with Gasteiger partial charge in [-0.2, -0.15) is 0 Å². The van der Waals surface area contributed by atoms with Gasteiger partial charge in [-0.05, 0) is 73.6 Å². The van der Waals surface area contributed by atoms with Crippen LogP contribution in [-0.2, 0) is 19.4 Å². The number of aromatic nitrogens is 3. The second kappa shape index (κ2) is 10.3. The number of ether oxygens (including phenoxy) is 2. The van der Waals surface area contributed by atoms with Crippen LogP contribution in [0.1, 0.15) is 58.5 Å². The summed E-state index contributed by atoms with van der Waals surface area (Å²) in [5.74, 6) is 1.88. The van der Waals surface area contributed by atoms with Gasteiger partial charge in [-0.25, -0.2) is 14.8 Å². The molecule has 1 unspecified atom stereocenters. The van der Waals surface area contributed by atoms with Gasteiger partial charge in [0, 0.05) is 17.8 Å². The summed E-state index contributed by atoms with van der Waals surface area (Å²) in [6, 6.07) is 23.3. The number of aromatic carboxylic acids is 1. The summed E-state index contributed by atoms with van der Waals surface area (Å²) >= 11 is 0. The first-order valence-electron chi connectivity index (χ1n) is 14.0. The van der Waals surface area contributed by atoms with Gasteiger partial charge in [0.2, 0.25) is 6.79 Å². The number of benzene rings is 3. The number of hydrogen-bond acceptors (Lipinski definition) is 6. The van der Waals surface area contributed by atoms with Gasteiger partial charge in [0.25, 0.3) is 0 Å². The lowest BCUT2D eigenvalue weighted by molar-refractivity contribution is 0.0697. The van der Waals surface area contributed by atoms with E-state index in [1.54, 1.807) is 24.3 Å². The Labute approximate surface area is 237 Å². The predicted molar refractivity (Wildman–Crippen MR) is 157 cm³/mol. The van der Waals surface area contributed by atoms with Gasteiger partial charge in [0.05, 0.1) is 17.0 Å². The zero-order valence-corrected chi connectivity index (χ0v) is 22.8. The Kier molecular flexibility index (Phi) is 6.30. The van der Waals surface area contributed by atoms with Gasteiger partial charge in [-0.3, -0.25) is 0 Å². The number of nitrogens with one attached hydrogen (secondary N) is 1. The van der Waals surface area contributed by atoms with Crippen molar-refractivity contribution in [2.45, 2.75) is 45.2 Å². The first kappa shape index (κ1) is 25.1. The first-order chi connectivity index (χ1) is 20.1. The smallest absolute Gasteiger partial charge is 0.335 e. The average molecular weight is 547 g/mol. The van der Waals surface area contributed by atoms with Crippen LogP contribution in [0.3, 0.4) is 0 Å². The number of aryl methyl sites for hydroxylation is 1. The fourth-order valence-corrected chi connectivity index (χ4v) is 6.01. The van der Waals surface area contributed by atoms with Crippen molar-refractivity contribution in [2.24, 2.45) is 0 Å². The van der Waals surface area contributed by atoms with Crippen LogP contribution in [0.5, 0.6) is 11.5 Å². The van der Waals surface area contributed by atoms with Gasteiger partial charge < -0.3 is 24.5 Å². The molecule has 0 bridgehead atoms. The monoisotopic (exact) mass is 546 g/mol. The minimum Gasteiger partial charge on any atom is -0.478 e. The van der Waals surface area contributed by atoms with Gasteiger partial charge in [0.1, 0.15) is 11.5 Å². The summed E-state index contributed by atoms with van der Waals surface area (Å²) in [4.78, 5) is 21.7. The molecule has 0 radical (unpaired) electrons. The molecule has 0 fully saturated rings. The molecule has 3 heterocycles. The zero-order valence-electron chi connectivity index (χ0n) is 22.8. The van der Waals surface area contributed by atoms with Gasteiger partial charge in [-0.15, -0.1) is 0 Å². The summed E-state index contributed by atoms with van der Waals surface area (Å²) < 4.78 is 13.5. The normalized spacial score (nSPS) is 14.6. The van der Waals surface area contributed by atoms with Crippen molar-refractivity contribution in [3.05, 3.63) is 101 Å². The molecule has 41 heavy (non-hydrogen) atoms. The predicted octanol–water partition coefficient (Wildman–Crippen LogP) is 6.63. The summed E-state index contributed by atoms with van der Waals surface area (Å²) in [6.07, 6.45) is 4.25. The fourth-order valence-electron chi connectivity index (χ4n) is 6.01. The van der Waals surface area contributed by atoms with Crippen molar-refractivity contribution < 1.29 is 19.4 Å². The van der Waals surface area contributed by atoms with E-state index >= 15 is 0 Å². The summed E-state index contributed by atoms with van der Waals surface area (Å²) in [7, 11) is 0. The Morgan fingerprint density at radius 1 is 0.976 bits per heavy atom. The van der Waals surface area contributed by atoms with E-state index in [2.05, 4.69) is 41.1 Å². The van der Waals surface area contributed by atoms with E-state index in [4.69, 9.17) is 19.4 Å². The first-order valence-corrected chi connectivity index (χ1v) is 14.0. The number of carboxylic acids is 1. The standard InChI is InChI=1S/C33H30N4O4/c1-20(22-7-3-2-4-8-22)37-26-10-6-5-9-25(26)29-31(34-18-21-11-16-27-28(17-21)41-19-40-27)35-30(36-32(29)37)23-12-14-24(15-13-23)33(38)39/h2-4,7-8,11-17,20H,5-6,9-10,18-19H2,1H3,(H,38,39)(H,34,35,36). The average Bonchev–Trinajstić information content (AvgIpc) is 3.62. The third-order valence-corrected chi connectivity index (χ3v) is 8.11. The SMILES string of the molecule is CC(c1ccccc1)n1c2c(c3c(NCc4ccc5c(c4)OCO5)nc(-c4ccc(C(=O)O)cc4)nc31)CCCC2. The van der Waals surface area contributed by atoms with Crippen LogP contribution in [0.25, 0.3) is 22.4 Å². The molecule has 3 aromatic carbocycles. The maximum absolute atomic E-state index is 11.5. The molecule has 2 aliphatic rings. The fraction of sp³-hybridized carbons (Fsp3) is 0.242. The summed E-state index contributed by atoms with van der Waals surface area (Å²) in [5, 5.41) is 14.1. The number of nitrogens with zero attached hydrogens (tertiary/aromatic N) is 3. The molecule has 5 aromatic rings. The van der Waals surface area contributed by atoms with Crippen LogP contribution >= 0.6 is 0 Å². The lowest BCUT2D eigenvalue weighted by Crippen LogP contribution is -2.13. The molecular weight excluding hydrogens is 516 g/mol. The van der Waals surface area contributed by atoms with E-state index in [-0.39, 0.29) is 18.4 Å². The lowest BCUT2D eigenvalue weighted by atomic mass is 9.95. The molecule has 0 spiro atoms. The Morgan fingerprint density at radius 3 is 2.56 bits per heavy atom. The number of fused-ring (bicyclic) bond motifs is 4. The van der Waals surface area contributed by atoms with Crippen molar-refractivity contribution in [1.29, 1.82) is 0 Å². The Morgan fingerprint density at radius 2 is 1.76 bits per heavy atom. The molecule has 2 aromatic heterocycles. The van der Waals surface area contributed by atoms with Crippen molar-refractivity contribution >= 4 is 22.8 Å². The van der Waals surface area contributed by atoms with E-state index in [9.17, 15) is 9.90 Å². The number of rotatable bonds is 7. The van der Waals surface area contributed by atoms with Crippen LogP contribution in [0, 0.1) is 0 Å². The molecule has 8 nitrogen and oxygen atoms in total. The van der Waals surface area contributed by atoms with Crippen LogP contribution in [-0.4, -0.2) is 32.4 Å². The van der Waals surface area contributed by atoms with Crippen LogP contribution in [0.2, 0.25) is 0 Å². The highest BCUT2D eigenvalue weighted by atomic mass is 16.7. The molecule has 7 rings (SSSR count). The topological polar surface area (TPSA) is 98.5 Å². The molecular formula is C33H30N4O4. The van der Waals surface area contributed by atoms with Crippen LogP contribution in [0.15, 0.2) is 72.8 Å². The quantitative estimate of drug-likeness (QED) is 0.237. The van der Waals surface area contributed by atoms with Gasteiger partial charge >= 0.3 is 5.97 Å². The molecule has 0 saturated heterocycles. The Balaban J connectivity index is 1.39. The highest BCUT2D eigenvalue weighted by Crippen LogP contribution is 2.40. The van der Waals surface area contributed by atoms with E-state index < -0.39 is 5.97 Å². The minimum atomic E-state index is -0.961. The second-order valence-corrected chi connectivity index (χ2v) is 10.6. The Bertz CT molecular complexity index is 1760. The van der Waals surface area contributed by atoms with Gasteiger partial charge in [-0.1, -0.05) is 48.5 Å². The molecule has 0 amide bonds. The van der Waals surface area contributed by atoms with E-state index in [0.717, 1.165) is 65.2 Å². The minimum absolute atomic E-state index is 0.0828. The van der Waals surface area contributed by atoms with Crippen molar-refractivity contribution in [2.75, 3.05) is 12.1 Å².